The number of para-hydroxylation sites is 1. The zero-order chi connectivity index (χ0) is 18.5. The van der Waals surface area contributed by atoms with Gasteiger partial charge in [0.2, 0.25) is 0 Å². The predicted octanol–water partition coefficient (Wildman–Crippen LogP) is 2.82. The maximum atomic E-state index is 12.4. The van der Waals surface area contributed by atoms with Gasteiger partial charge in [0.1, 0.15) is 0 Å². The molecule has 0 atom stereocenters. The van der Waals surface area contributed by atoms with Crippen molar-refractivity contribution in [1.82, 2.24) is 15.1 Å². The van der Waals surface area contributed by atoms with Gasteiger partial charge in [-0.25, -0.2) is 4.79 Å². The smallest absolute Gasteiger partial charge is 0.321 e. The average molecular weight is 366 g/mol. The molecule has 1 aromatic heterocycles. The minimum absolute atomic E-state index is 0.0487. The van der Waals surface area contributed by atoms with Crippen LogP contribution < -0.4 is 15.1 Å². The molecule has 0 bridgehead atoms. The quantitative estimate of drug-likeness (QED) is 0.905. The second kappa shape index (κ2) is 8.24. The maximum absolute atomic E-state index is 12.4. The van der Waals surface area contributed by atoms with Gasteiger partial charge in [-0.3, -0.25) is 0 Å². The van der Waals surface area contributed by atoms with E-state index in [4.69, 9.17) is 0 Å². The summed E-state index contributed by atoms with van der Waals surface area (Å²) in [6, 6.07) is 13.6. The van der Waals surface area contributed by atoms with Crippen LogP contribution in [0, 0.1) is 0 Å². The van der Waals surface area contributed by atoms with Crippen LogP contribution in [-0.4, -0.2) is 60.4 Å². The SMILES string of the molecule is O=C(Nc1ccccc1)N1CCN(c2ccc(N3CCCCC3)nn2)CC1. The van der Waals surface area contributed by atoms with Crippen molar-refractivity contribution in [3.8, 4) is 0 Å². The van der Waals surface area contributed by atoms with E-state index in [0.717, 1.165) is 43.5 Å². The molecule has 2 fully saturated rings. The van der Waals surface area contributed by atoms with Gasteiger partial charge in [0.25, 0.3) is 0 Å². The molecule has 0 saturated carbocycles. The van der Waals surface area contributed by atoms with E-state index >= 15 is 0 Å². The Hall–Kier alpha value is -2.83. The number of piperazine rings is 1. The number of amides is 2. The maximum Gasteiger partial charge on any atom is 0.321 e. The van der Waals surface area contributed by atoms with Crippen LogP contribution in [0.5, 0.6) is 0 Å². The molecular formula is C20H26N6O. The van der Waals surface area contributed by atoms with Crippen LogP contribution in [-0.2, 0) is 0 Å². The van der Waals surface area contributed by atoms with E-state index in [-0.39, 0.29) is 6.03 Å². The number of carbonyl (C=O) groups is 1. The summed E-state index contributed by atoms with van der Waals surface area (Å²) >= 11 is 0. The first-order valence-electron chi connectivity index (χ1n) is 9.74. The lowest BCUT2D eigenvalue weighted by Gasteiger charge is -2.35. The first-order chi connectivity index (χ1) is 13.3. The molecule has 7 nitrogen and oxygen atoms in total. The zero-order valence-electron chi connectivity index (χ0n) is 15.5. The van der Waals surface area contributed by atoms with Gasteiger partial charge >= 0.3 is 6.03 Å². The fourth-order valence-corrected chi connectivity index (χ4v) is 3.64. The Kier molecular flexibility index (Phi) is 5.37. The van der Waals surface area contributed by atoms with Gasteiger partial charge in [-0.15, -0.1) is 10.2 Å². The summed E-state index contributed by atoms with van der Waals surface area (Å²) in [6.07, 6.45) is 3.77. The Morgan fingerprint density at radius 1 is 0.741 bits per heavy atom. The minimum Gasteiger partial charge on any atom is -0.355 e. The molecule has 2 saturated heterocycles. The van der Waals surface area contributed by atoms with Crippen LogP contribution in [0.25, 0.3) is 0 Å². The third-order valence-electron chi connectivity index (χ3n) is 5.23. The van der Waals surface area contributed by atoms with Gasteiger partial charge < -0.3 is 20.0 Å². The minimum atomic E-state index is -0.0487. The summed E-state index contributed by atoms with van der Waals surface area (Å²) in [7, 11) is 0. The van der Waals surface area contributed by atoms with Gasteiger partial charge in [0, 0.05) is 45.0 Å². The topological polar surface area (TPSA) is 64.6 Å². The third kappa shape index (κ3) is 4.30. The molecule has 2 aliphatic rings. The largest absolute Gasteiger partial charge is 0.355 e. The normalized spacial score (nSPS) is 17.7. The van der Waals surface area contributed by atoms with Crippen LogP contribution in [0.1, 0.15) is 19.3 Å². The van der Waals surface area contributed by atoms with Crippen molar-refractivity contribution in [1.29, 1.82) is 0 Å². The molecule has 2 amide bonds. The number of hydrogen-bond acceptors (Lipinski definition) is 5. The van der Waals surface area contributed by atoms with E-state index in [1.54, 1.807) is 0 Å². The lowest BCUT2D eigenvalue weighted by Crippen LogP contribution is -2.50. The van der Waals surface area contributed by atoms with Gasteiger partial charge in [0.15, 0.2) is 11.6 Å². The lowest BCUT2D eigenvalue weighted by atomic mass is 10.1. The van der Waals surface area contributed by atoms with Crippen molar-refractivity contribution < 1.29 is 4.79 Å². The number of carbonyl (C=O) groups excluding carboxylic acids is 1. The highest BCUT2D eigenvalue weighted by Crippen LogP contribution is 2.20. The van der Waals surface area contributed by atoms with Crippen molar-refractivity contribution in [2.75, 3.05) is 54.4 Å². The van der Waals surface area contributed by atoms with Gasteiger partial charge in [0.05, 0.1) is 0 Å². The number of rotatable bonds is 3. The Morgan fingerprint density at radius 3 is 1.93 bits per heavy atom. The van der Waals surface area contributed by atoms with E-state index in [9.17, 15) is 4.79 Å². The second-order valence-electron chi connectivity index (χ2n) is 7.07. The molecule has 0 unspecified atom stereocenters. The molecule has 27 heavy (non-hydrogen) atoms. The highest BCUT2D eigenvalue weighted by Gasteiger charge is 2.22. The number of hydrogen-bond donors (Lipinski definition) is 1. The predicted molar refractivity (Wildman–Crippen MR) is 107 cm³/mol. The van der Waals surface area contributed by atoms with Crippen LogP contribution >= 0.6 is 0 Å². The number of nitrogens with zero attached hydrogens (tertiary/aromatic N) is 5. The van der Waals surface area contributed by atoms with E-state index in [1.807, 2.05) is 35.2 Å². The molecule has 2 aliphatic heterocycles. The number of piperidine rings is 1. The summed E-state index contributed by atoms with van der Waals surface area (Å²) in [5.41, 5.74) is 0.823. The Morgan fingerprint density at radius 2 is 1.33 bits per heavy atom. The molecule has 142 valence electrons. The van der Waals surface area contributed by atoms with E-state index in [1.165, 1.54) is 19.3 Å². The van der Waals surface area contributed by atoms with E-state index in [0.29, 0.717) is 13.1 Å². The first kappa shape index (κ1) is 17.6. The molecule has 0 aliphatic carbocycles. The fourth-order valence-electron chi connectivity index (χ4n) is 3.64. The van der Waals surface area contributed by atoms with Gasteiger partial charge in [-0.05, 0) is 43.5 Å². The molecule has 4 rings (SSSR count). The number of nitrogens with one attached hydrogen (secondary N) is 1. The Balaban J connectivity index is 1.30. The van der Waals surface area contributed by atoms with Crippen LogP contribution in [0.15, 0.2) is 42.5 Å². The van der Waals surface area contributed by atoms with Crippen molar-refractivity contribution in [3.63, 3.8) is 0 Å². The number of anilines is 3. The highest BCUT2D eigenvalue weighted by molar-refractivity contribution is 5.89. The Labute approximate surface area is 160 Å². The number of benzene rings is 1. The first-order valence-corrected chi connectivity index (χ1v) is 9.74. The number of aromatic nitrogens is 2. The molecule has 2 aromatic rings. The van der Waals surface area contributed by atoms with Gasteiger partial charge in [-0.2, -0.15) is 0 Å². The standard InChI is InChI=1S/C20H26N6O/c27-20(21-17-7-3-1-4-8-17)26-15-13-25(14-16-26)19-10-9-18(22-23-19)24-11-5-2-6-12-24/h1,3-4,7-10H,2,5-6,11-16H2,(H,21,27). The molecule has 1 N–H and O–H groups in total. The van der Waals surface area contributed by atoms with Gasteiger partial charge in [-0.1, -0.05) is 18.2 Å². The van der Waals surface area contributed by atoms with Crippen molar-refractivity contribution >= 4 is 23.4 Å². The van der Waals surface area contributed by atoms with Crippen LogP contribution in [0.4, 0.5) is 22.1 Å². The Bertz CT molecular complexity index is 737. The van der Waals surface area contributed by atoms with E-state index < -0.39 is 0 Å². The van der Waals surface area contributed by atoms with Crippen molar-refractivity contribution in [2.45, 2.75) is 19.3 Å². The molecule has 0 radical (unpaired) electrons. The van der Waals surface area contributed by atoms with Crippen LogP contribution in [0.3, 0.4) is 0 Å². The zero-order valence-corrected chi connectivity index (χ0v) is 15.5. The summed E-state index contributed by atoms with van der Waals surface area (Å²) in [5, 5.41) is 11.8. The monoisotopic (exact) mass is 366 g/mol. The lowest BCUT2D eigenvalue weighted by molar-refractivity contribution is 0.208. The van der Waals surface area contributed by atoms with E-state index in [2.05, 4.69) is 37.4 Å². The van der Waals surface area contributed by atoms with Crippen molar-refractivity contribution in [2.24, 2.45) is 0 Å². The number of urea groups is 1. The molecule has 7 heteroatoms. The summed E-state index contributed by atoms with van der Waals surface area (Å²) in [5.74, 6) is 1.86. The summed E-state index contributed by atoms with van der Waals surface area (Å²) in [4.78, 5) is 18.7. The fraction of sp³-hybridized carbons (Fsp3) is 0.450. The molecule has 0 spiro atoms. The highest BCUT2D eigenvalue weighted by atomic mass is 16.2. The molecule has 3 heterocycles. The average Bonchev–Trinajstić information content (AvgIpc) is 2.75. The molecule has 1 aromatic carbocycles. The van der Waals surface area contributed by atoms with Crippen LogP contribution in [0.2, 0.25) is 0 Å². The summed E-state index contributed by atoms with van der Waals surface area (Å²) < 4.78 is 0. The van der Waals surface area contributed by atoms with Crippen molar-refractivity contribution in [3.05, 3.63) is 42.5 Å². The third-order valence-corrected chi connectivity index (χ3v) is 5.23. The summed E-state index contributed by atoms with van der Waals surface area (Å²) in [6.45, 7) is 5.02. The second-order valence-corrected chi connectivity index (χ2v) is 7.07. The molecular weight excluding hydrogens is 340 g/mol.